The largest absolute Gasteiger partial charge is 0.385 e. The van der Waals surface area contributed by atoms with Crippen molar-refractivity contribution in [3.63, 3.8) is 0 Å². The first kappa shape index (κ1) is 18.0. The van der Waals surface area contributed by atoms with Crippen LogP contribution in [0.2, 0.25) is 5.02 Å². The summed E-state index contributed by atoms with van der Waals surface area (Å²) in [4.78, 5) is 25.3. The first-order valence-electron chi connectivity index (χ1n) is 9.10. The first-order valence-corrected chi connectivity index (χ1v) is 9.48. The number of nitrogens with zero attached hydrogens (tertiary/aromatic N) is 6. The number of rotatable bonds is 4. The summed E-state index contributed by atoms with van der Waals surface area (Å²) in [5.74, 6) is 0.830. The molecule has 0 amide bonds. The van der Waals surface area contributed by atoms with Crippen molar-refractivity contribution in [3.05, 3.63) is 69.6 Å². The van der Waals surface area contributed by atoms with Gasteiger partial charge in [0.1, 0.15) is 12.9 Å². The topological polar surface area (TPSA) is 112 Å². The standard InChI is InChI=1S/C19H17ClN6O3/c1-25-9-21-17-15(25)18(27)26(10-22-17)8-14-23-16(24-29-14)11-6-19(28,7-11)12-2-4-13(20)5-3-12/h2-5,9-11,28H,6-8H2,1H3/t11-,19+. The van der Waals surface area contributed by atoms with Crippen molar-refractivity contribution in [2.24, 2.45) is 7.05 Å². The van der Waals surface area contributed by atoms with Gasteiger partial charge < -0.3 is 14.2 Å². The molecule has 5 rings (SSSR count). The molecule has 1 saturated carbocycles. The minimum absolute atomic E-state index is 0.0115. The predicted octanol–water partition coefficient (Wildman–Crippen LogP) is 1.98. The highest BCUT2D eigenvalue weighted by molar-refractivity contribution is 6.30. The molecule has 1 fully saturated rings. The molecule has 9 nitrogen and oxygen atoms in total. The van der Waals surface area contributed by atoms with Gasteiger partial charge in [0.05, 0.1) is 11.9 Å². The summed E-state index contributed by atoms with van der Waals surface area (Å²) in [5.41, 5.74) is 0.497. The van der Waals surface area contributed by atoms with Gasteiger partial charge in [-0.05, 0) is 30.5 Å². The zero-order valence-electron chi connectivity index (χ0n) is 15.5. The Hall–Kier alpha value is -3.04. The van der Waals surface area contributed by atoms with Crippen molar-refractivity contribution < 1.29 is 9.63 Å². The molecule has 29 heavy (non-hydrogen) atoms. The van der Waals surface area contributed by atoms with E-state index in [4.69, 9.17) is 16.1 Å². The molecule has 0 spiro atoms. The molecule has 0 bridgehead atoms. The third-order valence-electron chi connectivity index (χ3n) is 5.40. The second-order valence-electron chi connectivity index (χ2n) is 7.40. The van der Waals surface area contributed by atoms with E-state index in [1.807, 2.05) is 12.1 Å². The molecular formula is C19H17ClN6O3. The number of aliphatic hydroxyl groups is 1. The Morgan fingerprint density at radius 1 is 1.24 bits per heavy atom. The van der Waals surface area contributed by atoms with Crippen LogP contribution in [0.4, 0.5) is 0 Å². The molecule has 0 atom stereocenters. The molecule has 0 aliphatic heterocycles. The average Bonchev–Trinajstić information content (AvgIpc) is 3.29. The maximum absolute atomic E-state index is 12.6. The summed E-state index contributed by atoms with van der Waals surface area (Å²) in [5, 5.41) is 15.5. The SMILES string of the molecule is Cn1cnc2ncn(Cc3nc([C@H]4C[C@](O)(c5ccc(Cl)cc5)C4)no3)c(=O)c21. The van der Waals surface area contributed by atoms with Crippen molar-refractivity contribution in [2.45, 2.75) is 30.9 Å². The summed E-state index contributed by atoms with van der Waals surface area (Å²) in [6.07, 6.45) is 3.96. The van der Waals surface area contributed by atoms with Crippen LogP contribution in [0, 0.1) is 0 Å². The minimum atomic E-state index is -0.915. The smallest absolute Gasteiger partial charge is 0.280 e. The van der Waals surface area contributed by atoms with Crippen molar-refractivity contribution in [2.75, 3.05) is 0 Å². The number of halogens is 1. The summed E-state index contributed by atoms with van der Waals surface area (Å²) >= 11 is 5.91. The van der Waals surface area contributed by atoms with E-state index in [0.29, 0.717) is 40.7 Å². The molecule has 0 unspecified atom stereocenters. The molecule has 4 aromatic rings. The number of aryl methyl sites for hydroxylation is 1. The number of aromatic nitrogens is 6. The molecule has 0 radical (unpaired) electrons. The second-order valence-corrected chi connectivity index (χ2v) is 7.83. The Morgan fingerprint density at radius 2 is 1.97 bits per heavy atom. The van der Waals surface area contributed by atoms with Gasteiger partial charge in [-0.2, -0.15) is 4.98 Å². The first-order chi connectivity index (χ1) is 13.9. The highest BCUT2D eigenvalue weighted by Crippen LogP contribution is 2.50. The summed E-state index contributed by atoms with van der Waals surface area (Å²) < 4.78 is 8.36. The maximum Gasteiger partial charge on any atom is 0.280 e. The summed E-state index contributed by atoms with van der Waals surface area (Å²) in [6, 6.07) is 7.18. The Labute approximate surface area is 169 Å². The van der Waals surface area contributed by atoms with Crippen LogP contribution in [-0.4, -0.2) is 34.3 Å². The average molecular weight is 413 g/mol. The van der Waals surface area contributed by atoms with E-state index in [0.717, 1.165) is 5.56 Å². The third-order valence-corrected chi connectivity index (χ3v) is 5.66. The molecule has 148 valence electrons. The monoisotopic (exact) mass is 412 g/mol. The molecular weight excluding hydrogens is 396 g/mol. The van der Waals surface area contributed by atoms with Crippen molar-refractivity contribution in [3.8, 4) is 0 Å². The Kier molecular flexibility index (Phi) is 4.04. The highest BCUT2D eigenvalue weighted by atomic mass is 35.5. The minimum Gasteiger partial charge on any atom is -0.385 e. The lowest BCUT2D eigenvalue weighted by Crippen LogP contribution is -2.40. The Bertz CT molecular complexity index is 1250. The van der Waals surface area contributed by atoms with E-state index in [1.54, 1.807) is 30.1 Å². The van der Waals surface area contributed by atoms with Gasteiger partial charge in [-0.15, -0.1) is 0 Å². The van der Waals surface area contributed by atoms with Crippen LogP contribution < -0.4 is 5.56 Å². The molecule has 3 heterocycles. The number of benzene rings is 1. The lowest BCUT2D eigenvalue weighted by molar-refractivity contribution is -0.0573. The molecule has 10 heteroatoms. The highest BCUT2D eigenvalue weighted by Gasteiger charge is 2.46. The van der Waals surface area contributed by atoms with E-state index >= 15 is 0 Å². The lowest BCUT2D eigenvalue weighted by Gasteiger charge is -2.42. The van der Waals surface area contributed by atoms with Gasteiger partial charge in [0, 0.05) is 18.0 Å². The number of hydrogen-bond acceptors (Lipinski definition) is 7. The van der Waals surface area contributed by atoms with Crippen molar-refractivity contribution in [1.29, 1.82) is 0 Å². The van der Waals surface area contributed by atoms with Gasteiger partial charge in [0.25, 0.3) is 5.56 Å². The van der Waals surface area contributed by atoms with Gasteiger partial charge in [0.2, 0.25) is 5.89 Å². The van der Waals surface area contributed by atoms with Crippen LogP contribution in [0.1, 0.15) is 36.0 Å². The zero-order chi connectivity index (χ0) is 20.2. The van der Waals surface area contributed by atoms with Gasteiger partial charge in [-0.1, -0.05) is 28.9 Å². The summed E-state index contributed by atoms with van der Waals surface area (Å²) in [6.45, 7) is 0.119. The van der Waals surface area contributed by atoms with E-state index in [2.05, 4.69) is 20.1 Å². The zero-order valence-corrected chi connectivity index (χ0v) is 16.2. The fourth-order valence-corrected chi connectivity index (χ4v) is 3.89. The molecule has 3 aromatic heterocycles. The quantitative estimate of drug-likeness (QED) is 0.545. The second kappa shape index (κ2) is 6.50. The van der Waals surface area contributed by atoms with Gasteiger partial charge in [0.15, 0.2) is 17.0 Å². The van der Waals surface area contributed by atoms with Gasteiger partial charge in [-0.25, -0.2) is 9.97 Å². The molecule has 1 aliphatic rings. The van der Waals surface area contributed by atoms with Crippen LogP contribution in [0.25, 0.3) is 11.2 Å². The van der Waals surface area contributed by atoms with Gasteiger partial charge >= 0.3 is 0 Å². The molecule has 1 N–H and O–H groups in total. The Morgan fingerprint density at radius 3 is 2.72 bits per heavy atom. The normalized spacial score (nSPS) is 21.4. The summed E-state index contributed by atoms with van der Waals surface area (Å²) in [7, 11) is 1.74. The van der Waals surface area contributed by atoms with Crippen LogP contribution in [0.5, 0.6) is 0 Å². The van der Waals surface area contributed by atoms with Crippen LogP contribution in [-0.2, 0) is 19.2 Å². The van der Waals surface area contributed by atoms with E-state index in [-0.39, 0.29) is 18.0 Å². The number of fused-ring (bicyclic) bond motifs is 1. The molecule has 1 aromatic carbocycles. The lowest BCUT2D eigenvalue weighted by atomic mass is 9.67. The van der Waals surface area contributed by atoms with Gasteiger partial charge in [-0.3, -0.25) is 9.36 Å². The predicted molar refractivity (Wildman–Crippen MR) is 103 cm³/mol. The third kappa shape index (κ3) is 3.02. The van der Waals surface area contributed by atoms with Crippen LogP contribution in [0.3, 0.4) is 0 Å². The van der Waals surface area contributed by atoms with E-state index in [1.165, 1.54) is 10.9 Å². The maximum atomic E-state index is 12.6. The number of imidazole rings is 1. The fourth-order valence-electron chi connectivity index (χ4n) is 3.76. The van der Waals surface area contributed by atoms with Crippen molar-refractivity contribution >= 4 is 22.8 Å². The van der Waals surface area contributed by atoms with E-state index in [9.17, 15) is 9.90 Å². The van der Waals surface area contributed by atoms with Crippen molar-refractivity contribution in [1.82, 2.24) is 29.2 Å². The van der Waals surface area contributed by atoms with Crippen LogP contribution >= 0.6 is 11.6 Å². The Balaban J connectivity index is 1.32. The fraction of sp³-hybridized carbons (Fsp3) is 0.316. The molecule has 1 aliphatic carbocycles. The van der Waals surface area contributed by atoms with E-state index < -0.39 is 5.60 Å². The van der Waals surface area contributed by atoms with Crippen LogP contribution in [0.15, 0.2) is 46.2 Å². The number of hydrogen-bond donors (Lipinski definition) is 1. The molecule has 0 saturated heterocycles.